The van der Waals surface area contributed by atoms with Gasteiger partial charge in [-0.3, -0.25) is 0 Å². The highest BCUT2D eigenvalue weighted by atomic mass is 16.3. The molecule has 0 bridgehead atoms. The predicted octanol–water partition coefficient (Wildman–Crippen LogP) is 4.95. The predicted molar refractivity (Wildman–Crippen MR) is 82.0 cm³/mol. The lowest BCUT2D eigenvalue weighted by Gasteiger charge is -2.61. The Morgan fingerprint density at radius 1 is 1.16 bits per heavy atom. The van der Waals surface area contributed by atoms with Crippen molar-refractivity contribution in [2.75, 3.05) is 0 Å². The van der Waals surface area contributed by atoms with Crippen molar-refractivity contribution in [3.05, 3.63) is 12.7 Å². The van der Waals surface area contributed by atoms with Crippen LogP contribution in [0.5, 0.6) is 0 Å². The molecule has 4 atom stereocenters. The highest BCUT2D eigenvalue weighted by molar-refractivity contribution is 5.07. The Bertz CT molecular complexity index is 342. The smallest absolute Gasteiger partial charge is 0.0653 e. The highest BCUT2D eigenvalue weighted by Crippen LogP contribution is 2.62. The molecule has 0 unspecified atom stereocenters. The SMILES string of the molecule is C=CCC[C@H]1[C@@]2(C)CCCC(C)(C)[C@@H]2CC[C@@]1(C)O. The van der Waals surface area contributed by atoms with Crippen LogP contribution in [0.2, 0.25) is 0 Å². The molecule has 110 valence electrons. The van der Waals surface area contributed by atoms with E-state index in [1.165, 1.54) is 25.7 Å². The molecule has 2 aliphatic carbocycles. The molecule has 2 fully saturated rings. The van der Waals surface area contributed by atoms with Crippen molar-refractivity contribution < 1.29 is 5.11 Å². The van der Waals surface area contributed by atoms with Gasteiger partial charge in [-0.15, -0.1) is 6.58 Å². The van der Waals surface area contributed by atoms with Gasteiger partial charge in [0, 0.05) is 0 Å². The quantitative estimate of drug-likeness (QED) is 0.715. The summed E-state index contributed by atoms with van der Waals surface area (Å²) >= 11 is 0. The molecule has 0 heterocycles. The van der Waals surface area contributed by atoms with Crippen molar-refractivity contribution >= 4 is 0 Å². The number of hydrogen-bond acceptors (Lipinski definition) is 1. The Balaban J connectivity index is 2.32. The van der Waals surface area contributed by atoms with Crippen LogP contribution in [0.1, 0.15) is 72.6 Å². The van der Waals surface area contributed by atoms with Gasteiger partial charge in [-0.2, -0.15) is 0 Å². The second-order valence-corrected chi connectivity index (χ2v) is 8.21. The molecule has 1 nitrogen and oxygen atoms in total. The fourth-order valence-electron chi connectivity index (χ4n) is 5.55. The first-order valence-electron chi connectivity index (χ1n) is 8.07. The van der Waals surface area contributed by atoms with Crippen LogP contribution in [0.4, 0.5) is 0 Å². The minimum absolute atomic E-state index is 0.312. The fraction of sp³-hybridized carbons (Fsp3) is 0.889. The zero-order valence-electron chi connectivity index (χ0n) is 13.3. The van der Waals surface area contributed by atoms with Gasteiger partial charge in [0.1, 0.15) is 0 Å². The summed E-state index contributed by atoms with van der Waals surface area (Å²) < 4.78 is 0. The number of fused-ring (bicyclic) bond motifs is 1. The molecule has 2 aliphatic rings. The Labute approximate surface area is 119 Å². The monoisotopic (exact) mass is 264 g/mol. The molecule has 0 aliphatic heterocycles. The summed E-state index contributed by atoms with van der Waals surface area (Å²) in [6.07, 6.45) is 10.3. The first-order valence-corrected chi connectivity index (χ1v) is 8.07. The van der Waals surface area contributed by atoms with Crippen molar-refractivity contribution in [3.8, 4) is 0 Å². The van der Waals surface area contributed by atoms with E-state index in [1.807, 2.05) is 6.08 Å². The van der Waals surface area contributed by atoms with Crippen molar-refractivity contribution in [2.24, 2.45) is 22.7 Å². The van der Waals surface area contributed by atoms with Crippen LogP contribution in [0.3, 0.4) is 0 Å². The number of hydrogen-bond donors (Lipinski definition) is 1. The van der Waals surface area contributed by atoms with Gasteiger partial charge in [0.25, 0.3) is 0 Å². The Morgan fingerprint density at radius 3 is 2.47 bits per heavy atom. The third kappa shape index (κ3) is 2.51. The molecule has 1 heteroatoms. The van der Waals surface area contributed by atoms with Crippen molar-refractivity contribution in [2.45, 2.75) is 78.2 Å². The zero-order valence-corrected chi connectivity index (χ0v) is 13.3. The van der Waals surface area contributed by atoms with E-state index in [9.17, 15) is 5.11 Å². The van der Waals surface area contributed by atoms with Crippen LogP contribution >= 0.6 is 0 Å². The first-order chi connectivity index (χ1) is 8.74. The van der Waals surface area contributed by atoms with E-state index in [1.54, 1.807) is 0 Å². The Hall–Kier alpha value is -0.300. The average molecular weight is 264 g/mol. The molecule has 19 heavy (non-hydrogen) atoms. The number of aliphatic hydroxyl groups is 1. The van der Waals surface area contributed by atoms with Gasteiger partial charge in [0.05, 0.1) is 5.60 Å². The van der Waals surface area contributed by atoms with E-state index in [-0.39, 0.29) is 0 Å². The lowest BCUT2D eigenvalue weighted by molar-refractivity contribution is -0.168. The molecule has 2 saturated carbocycles. The summed E-state index contributed by atoms with van der Waals surface area (Å²) in [6, 6.07) is 0. The molecule has 0 spiro atoms. The molecule has 0 radical (unpaired) electrons. The maximum absolute atomic E-state index is 10.9. The second kappa shape index (κ2) is 4.91. The van der Waals surface area contributed by atoms with Crippen molar-refractivity contribution in [1.29, 1.82) is 0 Å². The minimum Gasteiger partial charge on any atom is -0.390 e. The van der Waals surface area contributed by atoms with Crippen LogP contribution in [-0.4, -0.2) is 10.7 Å². The van der Waals surface area contributed by atoms with Crippen LogP contribution < -0.4 is 0 Å². The van der Waals surface area contributed by atoms with E-state index in [2.05, 4.69) is 34.3 Å². The summed E-state index contributed by atoms with van der Waals surface area (Å²) in [7, 11) is 0. The van der Waals surface area contributed by atoms with Crippen LogP contribution in [-0.2, 0) is 0 Å². The van der Waals surface area contributed by atoms with E-state index in [4.69, 9.17) is 0 Å². The summed E-state index contributed by atoms with van der Waals surface area (Å²) in [5.74, 6) is 1.19. The second-order valence-electron chi connectivity index (χ2n) is 8.21. The lowest BCUT2D eigenvalue weighted by atomic mass is 9.45. The van der Waals surface area contributed by atoms with E-state index < -0.39 is 5.60 Å². The number of rotatable bonds is 3. The third-order valence-electron chi connectivity index (χ3n) is 6.42. The Kier molecular flexibility index (Phi) is 3.90. The van der Waals surface area contributed by atoms with Gasteiger partial charge in [0.15, 0.2) is 0 Å². The van der Waals surface area contributed by atoms with Gasteiger partial charge in [-0.05, 0) is 68.1 Å². The van der Waals surface area contributed by atoms with Gasteiger partial charge >= 0.3 is 0 Å². The average Bonchev–Trinajstić information content (AvgIpc) is 2.26. The van der Waals surface area contributed by atoms with Gasteiger partial charge in [0.2, 0.25) is 0 Å². The lowest BCUT2D eigenvalue weighted by Crippen LogP contribution is -2.57. The maximum atomic E-state index is 10.9. The van der Waals surface area contributed by atoms with Gasteiger partial charge in [-0.25, -0.2) is 0 Å². The molecular weight excluding hydrogens is 232 g/mol. The minimum atomic E-state index is -0.484. The summed E-state index contributed by atoms with van der Waals surface area (Å²) in [5.41, 5.74) is 0.268. The number of allylic oxidation sites excluding steroid dienone is 1. The van der Waals surface area contributed by atoms with E-state index in [0.717, 1.165) is 25.2 Å². The Morgan fingerprint density at radius 2 is 1.84 bits per heavy atom. The standard InChI is InChI=1S/C18H32O/c1-6-7-9-15-17(4)12-8-11-16(2,3)14(17)10-13-18(15,5)19/h6,14-15,19H,1,7-13H2,2-5H3/t14-,15-,17-,18+/m0/s1. The van der Waals surface area contributed by atoms with Crippen LogP contribution in [0, 0.1) is 22.7 Å². The summed E-state index contributed by atoms with van der Waals surface area (Å²) in [6.45, 7) is 13.3. The molecule has 2 rings (SSSR count). The van der Waals surface area contributed by atoms with Gasteiger partial charge < -0.3 is 5.11 Å². The van der Waals surface area contributed by atoms with E-state index in [0.29, 0.717) is 16.7 Å². The summed E-state index contributed by atoms with van der Waals surface area (Å²) in [4.78, 5) is 0. The largest absolute Gasteiger partial charge is 0.390 e. The molecule has 0 saturated heterocycles. The van der Waals surface area contributed by atoms with Crippen molar-refractivity contribution in [1.82, 2.24) is 0 Å². The molecule has 1 N–H and O–H groups in total. The van der Waals surface area contributed by atoms with Crippen molar-refractivity contribution in [3.63, 3.8) is 0 Å². The topological polar surface area (TPSA) is 20.2 Å². The third-order valence-corrected chi connectivity index (χ3v) is 6.42. The molecule has 0 aromatic carbocycles. The van der Waals surface area contributed by atoms with Crippen LogP contribution in [0.25, 0.3) is 0 Å². The first kappa shape index (κ1) is 15.1. The molecule has 0 aromatic rings. The fourth-order valence-corrected chi connectivity index (χ4v) is 5.55. The van der Waals surface area contributed by atoms with Crippen LogP contribution in [0.15, 0.2) is 12.7 Å². The molecular formula is C18H32O. The normalized spacial score (nSPS) is 45.5. The van der Waals surface area contributed by atoms with E-state index >= 15 is 0 Å². The molecule has 0 aromatic heterocycles. The highest BCUT2D eigenvalue weighted by Gasteiger charge is 2.57. The maximum Gasteiger partial charge on any atom is 0.0653 e. The zero-order chi connectivity index (χ0) is 14.3. The van der Waals surface area contributed by atoms with Gasteiger partial charge in [-0.1, -0.05) is 33.3 Å². The summed E-state index contributed by atoms with van der Waals surface area (Å²) in [5, 5.41) is 10.9. The molecule has 0 amide bonds.